The van der Waals surface area contributed by atoms with Gasteiger partial charge in [-0.05, 0) is 30.2 Å². The van der Waals surface area contributed by atoms with Crippen LogP contribution >= 0.6 is 0 Å². The summed E-state index contributed by atoms with van der Waals surface area (Å²) in [6.45, 7) is 1.22. The summed E-state index contributed by atoms with van der Waals surface area (Å²) in [5.74, 6) is 0.176. The van der Waals surface area contributed by atoms with Gasteiger partial charge in [-0.2, -0.15) is 5.10 Å². The Labute approximate surface area is 123 Å². The van der Waals surface area contributed by atoms with Crippen molar-refractivity contribution < 1.29 is 9.53 Å². The highest BCUT2D eigenvalue weighted by Gasteiger charge is 2.30. The van der Waals surface area contributed by atoms with Crippen LogP contribution in [0.2, 0.25) is 0 Å². The van der Waals surface area contributed by atoms with Crippen molar-refractivity contribution in [2.24, 2.45) is 13.0 Å². The molecule has 21 heavy (non-hydrogen) atoms. The first kappa shape index (κ1) is 13.8. The zero-order valence-electron chi connectivity index (χ0n) is 11.9. The maximum absolute atomic E-state index is 12.2. The predicted octanol–water partition coefficient (Wildman–Crippen LogP) is 0.803. The van der Waals surface area contributed by atoms with Crippen LogP contribution in [0.25, 0.3) is 0 Å². The molecular weight excluding hydrogens is 268 g/mol. The lowest BCUT2D eigenvalue weighted by atomic mass is 9.95. The summed E-state index contributed by atoms with van der Waals surface area (Å²) in [5.41, 5.74) is 1.77. The van der Waals surface area contributed by atoms with Crippen molar-refractivity contribution >= 4 is 5.91 Å². The summed E-state index contributed by atoms with van der Waals surface area (Å²) in [6, 6.07) is 5.74. The van der Waals surface area contributed by atoms with Gasteiger partial charge in [-0.25, -0.2) is 0 Å². The van der Waals surface area contributed by atoms with Gasteiger partial charge in [-0.3, -0.25) is 14.5 Å². The Balaban J connectivity index is 1.64. The molecule has 6 heteroatoms. The zero-order valence-corrected chi connectivity index (χ0v) is 11.9. The summed E-state index contributed by atoms with van der Waals surface area (Å²) in [6.07, 6.45) is 6.07. The normalized spacial score (nSPS) is 21.4. The van der Waals surface area contributed by atoms with Crippen LogP contribution in [-0.4, -0.2) is 39.9 Å². The Morgan fingerprint density at radius 2 is 2.14 bits per heavy atom. The summed E-state index contributed by atoms with van der Waals surface area (Å²) >= 11 is 0. The average molecular weight is 286 g/mol. The fourth-order valence-corrected chi connectivity index (χ4v) is 2.62. The molecule has 2 aromatic rings. The molecule has 0 bridgehead atoms. The predicted molar refractivity (Wildman–Crippen MR) is 76.7 cm³/mol. The molecule has 2 aromatic heterocycles. The third-order valence-electron chi connectivity index (χ3n) is 3.82. The van der Waals surface area contributed by atoms with Gasteiger partial charge in [-0.1, -0.05) is 0 Å². The number of hydrogen-bond acceptors (Lipinski definition) is 4. The summed E-state index contributed by atoms with van der Waals surface area (Å²) < 4.78 is 7.11. The Kier molecular flexibility index (Phi) is 3.96. The second-order valence-corrected chi connectivity index (χ2v) is 5.28. The lowest BCUT2D eigenvalue weighted by molar-refractivity contribution is 0.0915. The Hall–Kier alpha value is -2.21. The number of hydrogen-bond donors (Lipinski definition) is 1. The van der Waals surface area contributed by atoms with E-state index in [0.717, 1.165) is 6.42 Å². The van der Waals surface area contributed by atoms with E-state index in [0.29, 0.717) is 18.9 Å². The fraction of sp³-hybridized carbons (Fsp3) is 0.400. The van der Waals surface area contributed by atoms with Gasteiger partial charge >= 0.3 is 0 Å². The minimum absolute atomic E-state index is 0.0283. The summed E-state index contributed by atoms with van der Waals surface area (Å²) in [4.78, 5) is 16.3. The van der Waals surface area contributed by atoms with E-state index >= 15 is 0 Å². The van der Waals surface area contributed by atoms with Gasteiger partial charge in [0.05, 0.1) is 19.3 Å². The Morgan fingerprint density at radius 3 is 2.86 bits per heavy atom. The second-order valence-electron chi connectivity index (χ2n) is 5.28. The molecule has 0 spiro atoms. The third-order valence-corrected chi connectivity index (χ3v) is 3.82. The van der Waals surface area contributed by atoms with E-state index in [-0.39, 0.29) is 17.9 Å². The van der Waals surface area contributed by atoms with Crippen LogP contribution in [0.1, 0.15) is 16.1 Å². The number of ether oxygens (including phenoxy) is 1. The van der Waals surface area contributed by atoms with Crippen LogP contribution in [0, 0.1) is 5.92 Å². The number of nitrogens with zero attached hydrogens (tertiary/aromatic N) is 3. The molecule has 0 aromatic carbocycles. The number of aryl methyl sites for hydroxylation is 1. The van der Waals surface area contributed by atoms with Crippen molar-refractivity contribution in [1.29, 1.82) is 0 Å². The molecule has 0 saturated carbocycles. The van der Waals surface area contributed by atoms with Crippen LogP contribution in [0.4, 0.5) is 0 Å². The van der Waals surface area contributed by atoms with E-state index in [1.165, 1.54) is 5.56 Å². The zero-order chi connectivity index (χ0) is 14.7. The average Bonchev–Trinajstić information content (AvgIpc) is 3.10. The highest BCUT2D eigenvalue weighted by Crippen LogP contribution is 2.19. The maximum atomic E-state index is 12.2. The minimum Gasteiger partial charge on any atom is -0.379 e. The van der Waals surface area contributed by atoms with Crippen molar-refractivity contribution in [3.63, 3.8) is 0 Å². The van der Waals surface area contributed by atoms with E-state index in [2.05, 4.69) is 15.4 Å². The maximum Gasteiger partial charge on any atom is 0.269 e. The molecule has 1 amide bonds. The van der Waals surface area contributed by atoms with Crippen molar-refractivity contribution in [2.45, 2.75) is 12.5 Å². The summed E-state index contributed by atoms with van der Waals surface area (Å²) in [5, 5.41) is 7.07. The molecule has 0 radical (unpaired) electrons. The fourth-order valence-electron chi connectivity index (χ4n) is 2.62. The molecule has 2 atom stereocenters. The smallest absolute Gasteiger partial charge is 0.269 e. The molecule has 3 heterocycles. The first-order valence-corrected chi connectivity index (χ1v) is 6.99. The van der Waals surface area contributed by atoms with Crippen molar-refractivity contribution in [3.8, 4) is 0 Å². The molecule has 0 unspecified atom stereocenters. The summed E-state index contributed by atoms with van der Waals surface area (Å²) in [7, 11) is 1.76. The lowest BCUT2D eigenvalue weighted by Gasteiger charge is -2.19. The first-order valence-electron chi connectivity index (χ1n) is 6.99. The molecule has 1 N–H and O–H groups in total. The minimum atomic E-state index is -0.106. The van der Waals surface area contributed by atoms with Crippen molar-refractivity contribution in [3.05, 3.63) is 48.0 Å². The topological polar surface area (TPSA) is 69.0 Å². The Morgan fingerprint density at radius 1 is 1.33 bits per heavy atom. The van der Waals surface area contributed by atoms with Crippen LogP contribution in [0.3, 0.4) is 0 Å². The monoisotopic (exact) mass is 286 g/mol. The highest BCUT2D eigenvalue weighted by atomic mass is 16.5. The molecule has 1 saturated heterocycles. The second kappa shape index (κ2) is 6.05. The standard InChI is InChI=1S/C15H18N4O2/c1-19-14(4-7-17-19)15(20)18-13-10-21-9-12(13)8-11-2-5-16-6-3-11/h2-7,12-13H,8-10H2,1H3,(H,18,20)/t12-,13+/m1/s1. The molecule has 1 fully saturated rings. The molecule has 1 aliphatic rings. The van der Waals surface area contributed by atoms with Gasteiger partial charge in [0.1, 0.15) is 5.69 Å². The van der Waals surface area contributed by atoms with E-state index in [4.69, 9.17) is 4.74 Å². The van der Waals surface area contributed by atoms with Crippen LogP contribution < -0.4 is 5.32 Å². The number of aromatic nitrogens is 3. The lowest BCUT2D eigenvalue weighted by Crippen LogP contribution is -2.41. The number of amides is 1. The first-order chi connectivity index (χ1) is 10.2. The SMILES string of the molecule is Cn1nccc1C(=O)N[C@H]1COC[C@H]1Cc1ccncc1. The molecule has 0 aliphatic carbocycles. The van der Waals surface area contributed by atoms with E-state index in [1.54, 1.807) is 36.4 Å². The van der Waals surface area contributed by atoms with Crippen LogP contribution in [0.15, 0.2) is 36.8 Å². The molecule has 6 nitrogen and oxygen atoms in total. The number of nitrogens with one attached hydrogen (secondary N) is 1. The molecule has 1 aliphatic heterocycles. The molecular formula is C15H18N4O2. The van der Waals surface area contributed by atoms with Crippen LogP contribution in [0.5, 0.6) is 0 Å². The van der Waals surface area contributed by atoms with Crippen molar-refractivity contribution in [2.75, 3.05) is 13.2 Å². The highest BCUT2D eigenvalue weighted by molar-refractivity contribution is 5.92. The van der Waals surface area contributed by atoms with Gasteiger partial charge < -0.3 is 10.1 Å². The third kappa shape index (κ3) is 3.11. The van der Waals surface area contributed by atoms with E-state index in [9.17, 15) is 4.79 Å². The van der Waals surface area contributed by atoms with Crippen molar-refractivity contribution in [1.82, 2.24) is 20.1 Å². The quantitative estimate of drug-likeness (QED) is 0.902. The molecule has 110 valence electrons. The number of carbonyl (C=O) groups is 1. The van der Waals surface area contributed by atoms with Gasteiger partial charge in [-0.15, -0.1) is 0 Å². The van der Waals surface area contributed by atoms with Gasteiger partial charge in [0.2, 0.25) is 0 Å². The van der Waals surface area contributed by atoms with Gasteiger partial charge in [0, 0.05) is 31.6 Å². The largest absolute Gasteiger partial charge is 0.379 e. The van der Waals surface area contributed by atoms with Gasteiger partial charge in [0.25, 0.3) is 5.91 Å². The van der Waals surface area contributed by atoms with E-state index < -0.39 is 0 Å². The number of pyridine rings is 1. The number of carbonyl (C=O) groups excluding carboxylic acids is 1. The Bertz CT molecular complexity index is 611. The van der Waals surface area contributed by atoms with E-state index in [1.807, 2.05) is 12.1 Å². The van der Waals surface area contributed by atoms with Gasteiger partial charge in [0.15, 0.2) is 0 Å². The molecule has 3 rings (SSSR count). The van der Waals surface area contributed by atoms with Crippen LogP contribution in [-0.2, 0) is 18.2 Å². The number of rotatable bonds is 4.